The summed E-state index contributed by atoms with van der Waals surface area (Å²) in [6.07, 6.45) is 0. The first-order valence-corrected chi connectivity index (χ1v) is 3.97. The van der Waals surface area contributed by atoms with E-state index in [2.05, 4.69) is 9.72 Å². The Morgan fingerprint density at radius 3 is 2.62 bits per heavy atom. The van der Waals surface area contributed by atoms with Crippen LogP contribution in [0.2, 0.25) is 10.2 Å². The molecule has 1 aliphatic heterocycles. The highest BCUT2D eigenvalue weighted by Gasteiger charge is 2.32. The van der Waals surface area contributed by atoms with Gasteiger partial charge in [-0.3, -0.25) is 0 Å². The Bertz CT molecular complexity index is 391. The molecule has 0 unspecified atom stereocenters. The van der Waals surface area contributed by atoms with E-state index in [1.54, 1.807) is 0 Å². The summed E-state index contributed by atoms with van der Waals surface area (Å²) in [5, 5.41) is 0.0964. The summed E-state index contributed by atoms with van der Waals surface area (Å²) in [4.78, 5) is 25.5. The van der Waals surface area contributed by atoms with Gasteiger partial charge < -0.3 is 4.74 Å². The number of halogens is 2. The highest BCUT2D eigenvalue weighted by molar-refractivity contribution is 6.41. The van der Waals surface area contributed by atoms with Gasteiger partial charge in [0.1, 0.15) is 5.15 Å². The molecule has 66 valence electrons. The van der Waals surface area contributed by atoms with E-state index in [1.165, 1.54) is 6.07 Å². The maximum Gasteiger partial charge on any atom is 0.365 e. The monoisotopic (exact) mass is 217 g/mol. The lowest BCUT2D eigenvalue weighted by Gasteiger charge is -1.94. The predicted molar refractivity (Wildman–Crippen MR) is 44.0 cm³/mol. The minimum Gasteiger partial charge on any atom is -0.384 e. The van der Waals surface area contributed by atoms with E-state index in [4.69, 9.17) is 23.2 Å². The van der Waals surface area contributed by atoms with Gasteiger partial charge in [0.25, 0.3) is 0 Å². The van der Waals surface area contributed by atoms with Crippen molar-refractivity contribution in [2.45, 2.75) is 0 Å². The molecule has 6 heteroatoms. The molecule has 0 amide bonds. The standard InChI is InChI=1S/C7HCl2NO3/c8-3-1-2-4(10-5(3)9)7(12)13-6(2)11/h1H. The van der Waals surface area contributed by atoms with Crippen molar-refractivity contribution in [2.75, 3.05) is 0 Å². The second-order valence-electron chi connectivity index (χ2n) is 2.33. The van der Waals surface area contributed by atoms with Crippen molar-refractivity contribution in [3.8, 4) is 0 Å². The summed E-state index contributed by atoms with van der Waals surface area (Å²) in [6.45, 7) is 0. The molecule has 13 heavy (non-hydrogen) atoms. The number of pyridine rings is 1. The summed E-state index contributed by atoms with van der Waals surface area (Å²) < 4.78 is 4.28. The number of cyclic esters (lactones) is 2. The average Bonchev–Trinajstić information content (AvgIpc) is 2.31. The molecule has 4 nitrogen and oxygen atoms in total. The minimum absolute atomic E-state index is 0.0212. The molecule has 0 bridgehead atoms. The number of ether oxygens (including phenoxy) is 1. The lowest BCUT2D eigenvalue weighted by molar-refractivity contribution is 0.0441. The van der Waals surface area contributed by atoms with E-state index in [0.717, 1.165) is 0 Å². The lowest BCUT2D eigenvalue weighted by Crippen LogP contribution is -1.98. The molecule has 1 aliphatic rings. The highest BCUT2D eigenvalue weighted by Crippen LogP contribution is 2.26. The number of hydrogen-bond acceptors (Lipinski definition) is 4. The summed E-state index contributed by atoms with van der Waals surface area (Å²) >= 11 is 11.1. The van der Waals surface area contributed by atoms with Crippen LogP contribution in [0.25, 0.3) is 0 Å². The van der Waals surface area contributed by atoms with E-state index in [1.807, 2.05) is 0 Å². The van der Waals surface area contributed by atoms with Crippen molar-refractivity contribution in [3.05, 3.63) is 27.5 Å². The van der Waals surface area contributed by atoms with Crippen molar-refractivity contribution < 1.29 is 14.3 Å². The third kappa shape index (κ3) is 1.18. The molecule has 1 aromatic heterocycles. The molecular weight excluding hydrogens is 217 g/mol. The number of fused-ring (bicyclic) bond motifs is 1. The Balaban J connectivity index is 2.72. The third-order valence-corrected chi connectivity index (χ3v) is 2.20. The van der Waals surface area contributed by atoms with E-state index in [9.17, 15) is 9.59 Å². The molecule has 0 aliphatic carbocycles. The van der Waals surface area contributed by atoms with Gasteiger partial charge >= 0.3 is 11.9 Å². The predicted octanol–water partition coefficient (Wildman–Crippen LogP) is 1.70. The molecule has 2 rings (SSSR count). The first-order chi connectivity index (χ1) is 6.09. The quantitative estimate of drug-likeness (QED) is 0.377. The number of nitrogens with zero attached hydrogens (tertiary/aromatic N) is 1. The third-order valence-electron chi connectivity index (χ3n) is 1.53. The van der Waals surface area contributed by atoms with Gasteiger partial charge in [0.2, 0.25) is 0 Å². The number of hydrogen-bond donors (Lipinski definition) is 0. The van der Waals surface area contributed by atoms with E-state index >= 15 is 0 Å². The Labute approximate surface area is 82.4 Å². The zero-order valence-electron chi connectivity index (χ0n) is 6.01. The van der Waals surface area contributed by atoms with Crippen LogP contribution in [0, 0.1) is 0 Å². The fraction of sp³-hybridized carbons (Fsp3) is 0. The van der Waals surface area contributed by atoms with E-state index in [0.29, 0.717) is 0 Å². The van der Waals surface area contributed by atoms with Gasteiger partial charge in [0.15, 0.2) is 5.69 Å². The van der Waals surface area contributed by atoms with Crippen molar-refractivity contribution in [3.63, 3.8) is 0 Å². The largest absolute Gasteiger partial charge is 0.384 e. The van der Waals surface area contributed by atoms with Crippen LogP contribution in [0.1, 0.15) is 20.8 Å². The zero-order valence-corrected chi connectivity index (χ0v) is 7.52. The van der Waals surface area contributed by atoms with Crippen LogP contribution < -0.4 is 0 Å². The number of esters is 2. The fourth-order valence-corrected chi connectivity index (χ4v) is 1.26. The van der Waals surface area contributed by atoms with Gasteiger partial charge in [-0.05, 0) is 6.07 Å². The van der Waals surface area contributed by atoms with Gasteiger partial charge in [-0.15, -0.1) is 0 Å². The topological polar surface area (TPSA) is 56.3 Å². The number of carbonyl (C=O) groups is 2. The molecule has 0 saturated carbocycles. The molecule has 0 saturated heterocycles. The summed E-state index contributed by atoms with van der Waals surface area (Å²) in [5.41, 5.74) is -0.0289. The summed E-state index contributed by atoms with van der Waals surface area (Å²) in [5.74, 6) is -1.54. The maximum atomic E-state index is 11.0. The summed E-state index contributed by atoms with van der Waals surface area (Å²) in [7, 11) is 0. The fourth-order valence-electron chi connectivity index (χ4n) is 0.965. The Morgan fingerprint density at radius 2 is 1.92 bits per heavy atom. The van der Waals surface area contributed by atoms with Crippen LogP contribution in [0.3, 0.4) is 0 Å². The Kier molecular flexibility index (Phi) is 1.75. The first kappa shape index (κ1) is 8.47. The molecule has 0 aromatic carbocycles. The van der Waals surface area contributed by atoms with Crippen LogP contribution in [0.15, 0.2) is 6.07 Å². The number of carbonyl (C=O) groups excluding carboxylic acids is 2. The molecule has 0 N–H and O–H groups in total. The average molecular weight is 218 g/mol. The Morgan fingerprint density at radius 1 is 1.23 bits per heavy atom. The van der Waals surface area contributed by atoms with Crippen LogP contribution in [0.5, 0.6) is 0 Å². The smallest absolute Gasteiger partial charge is 0.365 e. The van der Waals surface area contributed by atoms with Crippen LogP contribution in [0.4, 0.5) is 0 Å². The minimum atomic E-state index is -0.793. The van der Waals surface area contributed by atoms with Crippen LogP contribution in [-0.2, 0) is 4.74 Å². The highest BCUT2D eigenvalue weighted by atomic mass is 35.5. The second kappa shape index (κ2) is 2.68. The van der Waals surface area contributed by atoms with Gasteiger partial charge in [0.05, 0.1) is 10.6 Å². The van der Waals surface area contributed by atoms with Gasteiger partial charge in [-0.2, -0.15) is 0 Å². The second-order valence-corrected chi connectivity index (χ2v) is 3.10. The van der Waals surface area contributed by atoms with E-state index < -0.39 is 11.9 Å². The molecule has 0 radical (unpaired) electrons. The molecule has 1 aromatic rings. The molecule has 2 heterocycles. The van der Waals surface area contributed by atoms with E-state index in [-0.39, 0.29) is 21.4 Å². The SMILES string of the molecule is O=C1OC(=O)c2nc(Cl)c(Cl)cc21. The van der Waals surface area contributed by atoms with Gasteiger partial charge in [0, 0.05) is 0 Å². The van der Waals surface area contributed by atoms with Gasteiger partial charge in [-0.25, -0.2) is 14.6 Å². The molecular formula is C7HCl2NO3. The number of aromatic nitrogens is 1. The molecule has 0 atom stereocenters. The van der Waals surface area contributed by atoms with Gasteiger partial charge in [-0.1, -0.05) is 23.2 Å². The molecule has 0 spiro atoms. The Hall–Kier alpha value is -1.13. The maximum absolute atomic E-state index is 11.0. The van der Waals surface area contributed by atoms with Crippen molar-refractivity contribution >= 4 is 35.1 Å². The summed E-state index contributed by atoms with van der Waals surface area (Å²) in [6, 6.07) is 1.26. The van der Waals surface area contributed by atoms with Crippen molar-refractivity contribution in [1.29, 1.82) is 0 Å². The zero-order chi connectivity index (χ0) is 9.59. The number of rotatable bonds is 0. The molecule has 0 fully saturated rings. The van der Waals surface area contributed by atoms with Crippen LogP contribution >= 0.6 is 23.2 Å². The normalized spacial score (nSPS) is 14.3. The van der Waals surface area contributed by atoms with Crippen LogP contribution in [-0.4, -0.2) is 16.9 Å². The van der Waals surface area contributed by atoms with Crippen molar-refractivity contribution in [2.24, 2.45) is 0 Å². The van der Waals surface area contributed by atoms with Crippen molar-refractivity contribution in [1.82, 2.24) is 4.98 Å². The first-order valence-electron chi connectivity index (χ1n) is 3.22. The lowest BCUT2D eigenvalue weighted by atomic mass is 10.2.